The molecule has 1 fully saturated rings. The summed E-state index contributed by atoms with van der Waals surface area (Å²) < 4.78 is 5.15. The van der Waals surface area contributed by atoms with Crippen LogP contribution in [-0.2, 0) is 16.0 Å². The molecule has 1 aliphatic heterocycles. The molecule has 1 atom stereocenters. The molecule has 0 saturated carbocycles. The van der Waals surface area contributed by atoms with E-state index in [1.165, 1.54) is 0 Å². The van der Waals surface area contributed by atoms with Crippen molar-refractivity contribution in [1.29, 1.82) is 0 Å². The molecule has 3 rings (SSSR count). The summed E-state index contributed by atoms with van der Waals surface area (Å²) >= 11 is 0. The number of methoxy groups -OCH3 is 1. The van der Waals surface area contributed by atoms with Crippen LogP contribution in [0.1, 0.15) is 30.0 Å². The Kier molecular flexibility index (Phi) is 6.10. The van der Waals surface area contributed by atoms with Gasteiger partial charge in [-0.15, -0.1) is 0 Å². The average Bonchev–Trinajstić information content (AvgIpc) is 2.93. The van der Waals surface area contributed by atoms with Gasteiger partial charge in [0.25, 0.3) is 5.91 Å². The Balaban J connectivity index is 1.62. The third kappa shape index (κ3) is 4.62. The number of benzene rings is 2. The summed E-state index contributed by atoms with van der Waals surface area (Å²) in [6, 6.07) is 12.8. The molecule has 0 radical (unpaired) electrons. The lowest BCUT2D eigenvalue weighted by molar-refractivity contribution is -0.133. The molecule has 1 aliphatic rings. The molecule has 158 valence electrons. The van der Waals surface area contributed by atoms with Gasteiger partial charge in [0, 0.05) is 5.69 Å². The number of hydrogen-bond acceptors (Lipinski definition) is 4. The minimum atomic E-state index is -1.05. The molecule has 7 nitrogen and oxygen atoms in total. The Bertz CT molecular complexity index is 971. The van der Waals surface area contributed by atoms with E-state index in [1.807, 2.05) is 56.3 Å². The number of hydrogen-bond donors (Lipinski definition) is 2. The van der Waals surface area contributed by atoms with Crippen molar-refractivity contribution in [2.75, 3.05) is 19.0 Å². The van der Waals surface area contributed by atoms with Crippen LogP contribution in [0.2, 0.25) is 0 Å². The van der Waals surface area contributed by atoms with Crippen LogP contribution in [0.4, 0.5) is 10.5 Å². The van der Waals surface area contributed by atoms with E-state index in [4.69, 9.17) is 4.74 Å². The number of urea groups is 1. The number of anilines is 1. The summed E-state index contributed by atoms with van der Waals surface area (Å²) in [4.78, 5) is 38.8. The van der Waals surface area contributed by atoms with Gasteiger partial charge in [0.05, 0.1) is 7.11 Å². The molecule has 2 aromatic rings. The van der Waals surface area contributed by atoms with Crippen LogP contribution in [0, 0.1) is 13.8 Å². The first-order valence-electron chi connectivity index (χ1n) is 9.86. The third-order valence-electron chi connectivity index (χ3n) is 5.39. The van der Waals surface area contributed by atoms with Crippen LogP contribution in [0.5, 0.6) is 5.75 Å². The lowest BCUT2D eigenvalue weighted by Crippen LogP contribution is -2.45. The first kappa shape index (κ1) is 21.4. The van der Waals surface area contributed by atoms with Gasteiger partial charge < -0.3 is 15.4 Å². The zero-order valence-corrected chi connectivity index (χ0v) is 17.7. The van der Waals surface area contributed by atoms with Crippen LogP contribution in [0.3, 0.4) is 0 Å². The fraction of sp³-hybridized carbons (Fsp3) is 0.348. The van der Waals surface area contributed by atoms with E-state index in [1.54, 1.807) is 14.0 Å². The van der Waals surface area contributed by atoms with Crippen LogP contribution < -0.4 is 15.4 Å². The number of aryl methyl sites for hydroxylation is 3. The number of rotatable bonds is 7. The maximum atomic E-state index is 12.9. The molecular formula is C23H27N3O4. The Labute approximate surface area is 176 Å². The van der Waals surface area contributed by atoms with E-state index < -0.39 is 23.4 Å². The van der Waals surface area contributed by atoms with Crippen molar-refractivity contribution in [3.8, 4) is 5.75 Å². The second-order valence-electron chi connectivity index (χ2n) is 7.87. The molecule has 2 N–H and O–H groups in total. The monoisotopic (exact) mass is 409 g/mol. The predicted octanol–water partition coefficient (Wildman–Crippen LogP) is 3.19. The van der Waals surface area contributed by atoms with Gasteiger partial charge >= 0.3 is 6.03 Å². The van der Waals surface area contributed by atoms with Crippen molar-refractivity contribution in [1.82, 2.24) is 10.2 Å². The predicted molar refractivity (Wildman–Crippen MR) is 115 cm³/mol. The summed E-state index contributed by atoms with van der Waals surface area (Å²) in [7, 11) is 1.60. The van der Waals surface area contributed by atoms with Gasteiger partial charge in [0.1, 0.15) is 17.8 Å². The van der Waals surface area contributed by atoms with E-state index in [0.717, 1.165) is 27.3 Å². The Hall–Kier alpha value is -3.35. The van der Waals surface area contributed by atoms with E-state index in [9.17, 15) is 14.4 Å². The van der Waals surface area contributed by atoms with Crippen molar-refractivity contribution in [2.24, 2.45) is 0 Å². The highest BCUT2D eigenvalue weighted by atomic mass is 16.5. The van der Waals surface area contributed by atoms with Crippen molar-refractivity contribution >= 4 is 23.5 Å². The molecule has 7 heteroatoms. The SMILES string of the molecule is COc1ccc(CC[C@@]2(C)NC(=O)N(CC(=O)Nc3cc(C)ccc3C)C2=O)cc1. The minimum Gasteiger partial charge on any atom is -0.497 e. The number of ether oxygens (including phenoxy) is 1. The fourth-order valence-electron chi connectivity index (χ4n) is 3.45. The molecule has 0 bridgehead atoms. The number of imide groups is 1. The highest BCUT2D eigenvalue weighted by molar-refractivity contribution is 6.10. The summed E-state index contributed by atoms with van der Waals surface area (Å²) in [5, 5.41) is 5.54. The lowest BCUT2D eigenvalue weighted by Gasteiger charge is -2.21. The molecule has 0 aliphatic carbocycles. The largest absolute Gasteiger partial charge is 0.497 e. The lowest BCUT2D eigenvalue weighted by atomic mass is 9.93. The van der Waals surface area contributed by atoms with Crippen LogP contribution in [-0.4, -0.2) is 41.9 Å². The number of carbonyl (C=O) groups excluding carboxylic acids is 3. The molecule has 0 unspecified atom stereocenters. The first-order chi connectivity index (χ1) is 14.2. The maximum absolute atomic E-state index is 12.9. The van der Waals surface area contributed by atoms with E-state index >= 15 is 0 Å². The molecule has 0 aromatic heterocycles. The summed E-state index contributed by atoms with van der Waals surface area (Å²) in [5.74, 6) is -0.0417. The average molecular weight is 409 g/mol. The van der Waals surface area contributed by atoms with Crippen molar-refractivity contribution < 1.29 is 19.1 Å². The standard InChI is InChI=1S/C23H27N3O4/c1-15-5-6-16(2)19(13-15)24-20(27)14-26-21(28)23(3,25-22(26)29)12-11-17-7-9-18(30-4)10-8-17/h5-10,13H,11-12,14H2,1-4H3,(H,24,27)(H,25,29)/t23-/m1/s1. The number of amides is 4. The fourth-order valence-corrected chi connectivity index (χ4v) is 3.45. The summed E-state index contributed by atoms with van der Waals surface area (Å²) in [5.41, 5.74) is 2.59. The topological polar surface area (TPSA) is 87.7 Å². The van der Waals surface area contributed by atoms with E-state index in [0.29, 0.717) is 18.5 Å². The van der Waals surface area contributed by atoms with E-state index in [-0.39, 0.29) is 6.54 Å². The molecule has 0 spiro atoms. The Morgan fingerprint density at radius 1 is 1.13 bits per heavy atom. The molecule has 1 saturated heterocycles. The van der Waals surface area contributed by atoms with Gasteiger partial charge in [-0.25, -0.2) is 4.79 Å². The second-order valence-corrected chi connectivity index (χ2v) is 7.87. The van der Waals surface area contributed by atoms with Crippen LogP contribution in [0.25, 0.3) is 0 Å². The van der Waals surface area contributed by atoms with Gasteiger partial charge in [-0.05, 0) is 68.5 Å². The van der Waals surface area contributed by atoms with E-state index in [2.05, 4.69) is 10.6 Å². The first-order valence-corrected chi connectivity index (χ1v) is 9.86. The summed E-state index contributed by atoms with van der Waals surface area (Å²) in [6.07, 6.45) is 1.04. The van der Waals surface area contributed by atoms with Crippen molar-refractivity contribution in [3.05, 3.63) is 59.2 Å². The van der Waals surface area contributed by atoms with Gasteiger partial charge in [-0.1, -0.05) is 24.3 Å². The second kappa shape index (κ2) is 8.57. The smallest absolute Gasteiger partial charge is 0.325 e. The van der Waals surface area contributed by atoms with Crippen LogP contribution in [0.15, 0.2) is 42.5 Å². The molecule has 30 heavy (non-hydrogen) atoms. The maximum Gasteiger partial charge on any atom is 0.325 e. The normalized spacial score (nSPS) is 18.3. The summed E-state index contributed by atoms with van der Waals surface area (Å²) in [6.45, 7) is 5.19. The molecule has 2 aromatic carbocycles. The van der Waals surface area contributed by atoms with Gasteiger partial charge in [-0.3, -0.25) is 14.5 Å². The highest BCUT2D eigenvalue weighted by Crippen LogP contribution is 2.24. The number of nitrogens with one attached hydrogen (secondary N) is 2. The Morgan fingerprint density at radius 2 is 1.83 bits per heavy atom. The molecular weight excluding hydrogens is 382 g/mol. The molecule has 4 amide bonds. The highest BCUT2D eigenvalue weighted by Gasteiger charge is 2.47. The quantitative estimate of drug-likeness (QED) is 0.688. The van der Waals surface area contributed by atoms with Gasteiger partial charge in [0.15, 0.2) is 0 Å². The third-order valence-corrected chi connectivity index (χ3v) is 5.39. The zero-order valence-electron chi connectivity index (χ0n) is 17.7. The zero-order chi connectivity index (χ0) is 21.9. The van der Waals surface area contributed by atoms with Gasteiger partial charge in [-0.2, -0.15) is 0 Å². The number of nitrogens with zero attached hydrogens (tertiary/aromatic N) is 1. The minimum absolute atomic E-state index is 0.323. The van der Waals surface area contributed by atoms with Crippen LogP contribution >= 0.6 is 0 Å². The Morgan fingerprint density at radius 3 is 2.50 bits per heavy atom. The molecule has 1 heterocycles. The van der Waals surface area contributed by atoms with Gasteiger partial charge in [0.2, 0.25) is 5.91 Å². The van der Waals surface area contributed by atoms with Crippen molar-refractivity contribution in [2.45, 2.75) is 39.2 Å². The van der Waals surface area contributed by atoms with Crippen molar-refractivity contribution in [3.63, 3.8) is 0 Å². The number of carbonyl (C=O) groups is 3.